The van der Waals surface area contributed by atoms with Crippen LogP contribution >= 0.6 is 0 Å². The van der Waals surface area contributed by atoms with Gasteiger partial charge in [0, 0.05) is 34.5 Å². The minimum Gasteiger partial charge on any atom is -0.361 e. The van der Waals surface area contributed by atoms with Gasteiger partial charge in [-0.05, 0) is 48.4 Å². The summed E-state index contributed by atoms with van der Waals surface area (Å²) in [5.41, 5.74) is 2.20. The summed E-state index contributed by atoms with van der Waals surface area (Å²) in [4.78, 5) is 18.1. The number of H-pyrrole nitrogens is 2. The van der Waals surface area contributed by atoms with E-state index in [9.17, 15) is 18.0 Å². The summed E-state index contributed by atoms with van der Waals surface area (Å²) in [5, 5.41) is 3.51. The molecule has 4 nitrogen and oxygen atoms in total. The highest BCUT2D eigenvalue weighted by atomic mass is 19.2. The van der Waals surface area contributed by atoms with E-state index in [1.165, 1.54) is 24.3 Å². The molecule has 0 aliphatic rings. The normalized spacial score (nSPS) is 11.3. The maximum absolute atomic E-state index is 13.7. The van der Waals surface area contributed by atoms with Crippen LogP contribution in [0.5, 0.6) is 0 Å². The minimum atomic E-state index is -0.987. The summed E-state index contributed by atoms with van der Waals surface area (Å²) >= 11 is 0. The molecule has 26 heavy (non-hydrogen) atoms. The molecule has 0 saturated carbocycles. The van der Waals surface area contributed by atoms with Gasteiger partial charge in [-0.25, -0.2) is 13.2 Å². The topological polar surface area (TPSA) is 60.7 Å². The largest absolute Gasteiger partial charge is 0.361 e. The van der Waals surface area contributed by atoms with E-state index in [0.29, 0.717) is 18.5 Å². The smallest absolute Gasteiger partial charge is 0.267 e. The van der Waals surface area contributed by atoms with Crippen LogP contribution in [0.3, 0.4) is 0 Å². The van der Waals surface area contributed by atoms with Crippen LogP contribution in [0, 0.1) is 17.5 Å². The quantitative estimate of drug-likeness (QED) is 0.507. The number of aromatic amines is 2. The second-order valence-electron chi connectivity index (χ2n) is 6.02. The Balaban J connectivity index is 1.47. The predicted molar refractivity (Wildman–Crippen MR) is 92.5 cm³/mol. The van der Waals surface area contributed by atoms with Crippen LogP contribution in [0.15, 0.2) is 42.6 Å². The third kappa shape index (κ3) is 2.81. The number of hydrogen-bond acceptors (Lipinski definition) is 1. The Morgan fingerprint density at radius 3 is 2.65 bits per heavy atom. The first-order valence-corrected chi connectivity index (χ1v) is 8.03. The fraction of sp³-hybridized carbons (Fsp3) is 0.105. The molecule has 0 atom stereocenters. The van der Waals surface area contributed by atoms with Crippen LogP contribution in [0.4, 0.5) is 13.2 Å². The van der Waals surface area contributed by atoms with Gasteiger partial charge in [-0.3, -0.25) is 4.79 Å². The van der Waals surface area contributed by atoms with Gasteiger partial charge in [-0.15, -0.1) is 0 Å². The van der Waals surface area contributed by atoms with Crippen LogP contribution in [0.1, 0.15) is 16.1 Å². The molecule has 2 heterocycles. The molecule has 0 bridgehead atoms. The van der Waals surface area contributed by atoms with Gasteiger partial charge >= 0.3 is 0 Å². The van der Waals surface area contributed by atoms with Gasteiger partial charge < -0.3 is 15.3 Å². The summed E-state index contributed by atoms with van der Waals surface area (Å²) in [6.07, 6.45) is 2.27. The van der Waals surface area contributed by atoms with Gasteiger partial charge in [-0.1, -0.05) is 0 Å². The average molecular weight is 357 g/mol. The number of amides is 1. The van der Waals surface area contributed by atoms with Crippen LogP contribution in [-0.4, -0.2) is 22.4 Å². The molecule has 7 heteroatoms. The molecule has 2 aromatic heterocycles. The SMILES string of the molecule is O=C(NCCc1c[nH]c2ccc(F)cc12)c1cc2c(F)c(F)ccc2[nH]1. The fourth-order valence-electron chi connectivity index (χ4n) is 3.03. The molecular formula is C19H14F3N3O. The highest BCUT2D eigenvalue weighted by Crippen LogP contribution is 2.22. The molecule has 0 fully saturated rings. The number of rotatable bonds is 4. The van der Waals surface area contributed by atoms with Gasteiger partial charge in [0.25, 0.3) is 5.91 Å². The van der Waals surface area contributed by atoms with Crippen molar-refractivity contribution >= 4 is 27.7 Å². The molecule has 4 aromatic rings. The van der Waals surface area contributed by atoms with E-state index < -0.39 is 17.5 Å². The molecule has 4 rings (SSSR count). The van der Waals surface area contributed by atoms with Gasteiger partial charge in [0.1, 0.15) is 11.5 Å². The summed E-state index contributed by atoms with van der Waals surface area (Å²) in [7, 11) is 0. The van der Waals surface area contributed by atoms with Crippen molar-refractivity contribution in [3.63, 3.8) is 0 Å². The van der Waals surface area contributed by atoms with Crippen molar-refractivity contribution in [3.05, 3.63) is 71.3 Å². The molecule has 132 valence electrons. The molecule has 3 N–H and O–H groups in total. The van der Waals surface area contributed by atoms with Crippen molar-refractivity contribution < 1.29 is 18.0 Å². The zero-order valence-electron chi connectivity index (χ0n) is 13.5. The lowest BCUT2D eigenvalue weighted by Crippen LogP contribution is -2.25. The highest BCUT2D eigenvalue weighted by molar-refractivity contribution is 5.98. The maximum atomic E-state index is 13.7. The van der Waals surface area contributed by atoms with Crippen molar-refractivity contribution in [2.75, 3.05) is 6.54 Å². The summed E-state index contributed by atoms with van der Waals surface area (Å²) in [5.74, 6) is -2.70. The molecule has 1 amide bonds. The first-order chi connectivity index (χ1) is 12.5. The number of carbonyl (C=O) groups excluding carboxylic acids is 1. The zero-order chi connectivity index (χ0) is 18.3. The Hall–Kier alpha value is -3.22. The molecule has 0 aliphatic heterocycles. The van der Waals surface area contributed by atoms with Gasteiger partial charge in [0.05, 0.1) is 0 Å². The van der Waals surface area contributed by atoms with E-state index in [1.54, 1.807) is 12.3 Å². The van der Waals surface area contributed by atoms with E-state index in [2.05, 4.69) is 15.3 Å². The van der Waals surface area contributed by atoms with Crippen LogP contribution in [-0.2, 0) is 6.42 Å². The Bertz CT molecular complexity index is 1130. The van der Waals surface area contributed by atoms with Gasteiger partial charge in [0.2, 0.25) is 0 Å². The number of fused-ring (bicyclic) bond motifs is 2. The van der Waals surface area contributed by atoms with Crippen molar-refractivity contribution in [2.45, 2.75) is 6.42 Å². The lowest BCUT2D eigenvalue weighted by atomic mass is 10.1. The number of carbonyl (C=O) groups is 1. The first-order valence-electron chi connectivity index (χ1n) is 8.03. The van der Waals surface area contributed by atoms with Gasteiger partial charge in [-0.2, -0.15) is 0 Å². The maximum Gasteiger partial charge on any atom is 0.267 e. The number of hydrogen-bond donors (Lipinski definition) is 3. The van der Waals surface area contributed by atoms with E-state index in [0.717, 1.165) is 22.5 Å². The number of halogens is 3. The Morgan fingerprint density at radius 1 is 1.00 bits per heavy atom. The number of benzene rings is 2. The molecule has 0 aliphatic carbocycles. The lowest BCUT2D eigenvalue weighted by Gasteiger charge is -2.03. The Labute approximate surface area is 146 Å². The van der Waals surface area contributed by atoms with E-state index in [1.807, 2.05) is 0 Å². The zero-order valence-corrected chi connectivity index (χ0v) is 13.5. The average Bonchev–Trinajstić information content (AvgIpc) is 3.23. The molecule has 0 unspecified atom stereocenters. The van der Waals surface area contributed by atoms with Crippen molar-refractivity contribution in [3.8, 4) is 0 Å². The third-order valence-corrected chi connectivity index (χ3v) is 4.34. The molecule has 2 aromatic carbocycles. The molecular weight excluding hydrogens is 343 g/mol. The van der Waals surface area contributed by atoms with Crippen LogP contribution in [0.25, 0.3) is 21.8 Å². The van der Waals surface area contributed by atoms with Crippen LogP contribution in [0.2, 0.25) is 0 Å². The summed E-state index contributed by atoms with van der Waals surface area (Å²) < 4.78 is 40.4. The van der Waals surface area contributed by atoms with Crippen molar-refractivity contribution in [2.24, 2.45) is 0 Å². The van der Waals surface area contributed by atoms with E-state index >= 15 is 0 Å². The first kappa shape index (κ1) is 16.3. The van der Waals surface area contributed by atoms with Gasteiger partial charge in [0.15, 0.2) is 11.6 Å². The predicted octanol–water partition coefficient (Wildman–Crippen LogP) is 4.04. The molecule has 0 spiro atoms. The van der Waals surface area contributed by atoms with Crippen LogP contribution < -0.4 is 5.32 Å². The van der Waals surface area contributed by atoms with Crippen molar-refractivity contribution in [1.82, 2.24) is 15.3 Å². The standard InChI is InChI=1S/C19H14F3N3O/c20-11-1-3-15-12(7-11)10(9-24-15)5-6-23-19(26)17-8-13-16(25-17)4-2-14(21)18(13)22/h1-4,7-9,24-25H,5-6H2,(H,23,26). The summed E-state index contributed by atoms with van der Waals surface area (Å²) in [6, 6.07) is 8.15. The number of aromatic nitrogens is 2. The minimum absolute atomic E-state index is 0.0299. The van der Waals surface area contributed by atoms with E-state index in [-0.39, 0.29) is 16.9 Å². The lowest BCUT2D eigenvalue weighted by molar-refractivity contribution is 0.0950. The fourth-order valence-corrected chi connectivity index (χ4v) is 3.03. The van der Waals surface area contributed by atoms with E-state index in [4.69, 9.17) is 0 Å². The second kappa shape index (κ2) is 6.25. The molecule has 0 saturated heterocycles. The third-order valence-electron chi connectivity index (χ3n) is 4.34. The number of nitrogens with one attached hydrogen (secondary N) is 3. The van der Waals surface area contributed by atoms with Crippen molar-refractivity contribution in [1.29, 1.82) is 0 Å². The Kier molecular flexibility index (Phi) is 3.91. The second-order valence-corrected chi connectivity index (χ2v) is 6.02. The highest BCUT2D eigenvalue weighted by Gasteiger charge is 2.14. The molecule has 0 radical (unpaired) electrons. The monoisotopic (exact) mass is 357 g/mol. The summed E-state index contributed by atoms with van der Waals surface area (Å²) in [6.45, 7) is 0.314. The Morgan fingerprint density at radius 2 is 1.81 bits per heavy atom.